The summed E-state index contributed by atoms with van der Waals surface area (Å²) in [6.45, 7) is 7.32. The molecule has 0 bridgehead atoms. The molecule has 1 fully saturated rings. The van der Waals surface area contributed by atoms with Crippen molar-refractivity contribution in [1.29, 1.82) is 0 Å². The Morgan fingerprint density at radius 1 is 1.00 bits per heavy atom. The van der Waals surface area contributed by atoms with Gasteiger partial charge < -0.3 is 20.3 Å². The third-order valence-corrected chi connectivity index (χ3v) is 9.44. The van der Waals surface area contributed by atoms with Crippen molar-refractivity contribution in [2.75, 3.05) is 26.2 Å². The number of hydrogen-bond donors (Lipinski definition) is 3. The van der Waals surface area contributed by atoms with E-state index in [1.54, 1.807) is 45.0 Å². The van der Waals surface area contributed by atoms with Gasteiger partial charge in [0.2, 0.25) is 5.91 Å². The summed E-state index contributed by atoms with van der Waals surface area (Å²) < 4.78 is 51.7. The number of carbonyl (C=O) groups excluding carboxylic acids is 2. The number of benzene rings is 3. The summed E-state index contributed by atoms with van der Waals surface area (Å²) in [4.78, 5) is 43.5. The highest BCUT2D eigenvalue weighted by molar-refractivity contribution is 5.85. The second-order valence-electron chi connectivity index (χ2n) is 13.2. The lowest BCUT2D eigenvalue weighted by atomic mass is 9.92. The molecule has 1 amide bonds. The minimum Gasteiger partial charge on any atom is -0.507 e. The number of likely N-dealkylation sites (tertiary alicyclic amines) is 1. The molecule has 1 saturated heterocycles. The van der Waals surface area contributed by atoms with E-state index in [4.69, 9.17) is 4.74 Å². The summed E-state index contributed by atoms with van der Waals surface area (Å²) in [7, 11) is 0. The van der Waals surface area contributed by atoms with E-state index in [0.717, 1.165) is 10.6 Å². The molecule has 2 heterocycles. The van der Waals surface area contributed by atoms with Gasteiger partial charge in [0.05, 0.1) is 25.7 Å². The van der Waals surface area contributed by atoms with Crippen LogP contribution < -0.4 is 10.9 Å². The molecule has 3 aromatic carbocycles. The quantitative estimate of drug-likeness (QED) is 0.142. The standard InChI is InChI=1S/C40H44F3N3O6/c1-5-27-15-25(12-13-45-20-29(41)21-45)19-46(40(27)51)38(30-16-26(22-47)10-11-32(30)42)39(50)44-33(18-35(49)52-6-2)31-17-28(14-24(4)37(31)43)36-23(3)8-7-9-34(36)48/h7-11,14-17,19,29,33,38,47-48H,5-6,12-13,18,20-22H2,1-4H3,(H,44,50)/t33-,38?/m0/s1. The molecule has 12 heteroatoms. The van der Waals surface area contributed by atoms with Crippen LogP contribution >= 0.6 is 0 Å². The lowest BCUT2D eigenvalue weighted by molar-refractivity contribution is -0.143. The maximum Gasteiger partial charge on any atom is 0.308 e. The van der Waals surface area contributed by atoms with E-state index in [1.807, 2.05) is 4.90 Å². The fourth-order valence-electron chi connectivity index (χ4n) is 6.70. The van der Waals surface area contributed by atoms with Gasteiger partial charge in [-0.1, -0.05) is 25.1 Å². The van der Waals surface area contributed by atoms with Crippen LogP contribution in [0.2, 0.25) is 0 Å². The van der Waals surface area contributed by atoms with E-state index in [1.165, 1.54) is 37.4 Å². The number of aliphatic hydroxyl groups is 1. The van der Waals surface area contributed by atoms with E-state index < -0.39 is 60.4 Å². The largest absolute Gasteiger partial charge is 0.507 e. The molecule has 276 valence electrons. The van der Waals surface area contributed by atoms with Crippen molar-refractivity contribution in [3.8, 4) is 16.9 Å². The molecule has 0 aliphatic carbocycles. The molecule has 0 spiro atoms. The Morgan fingerprint density at radius 3 is 2.40 bits per heavy atom. The van der Waals surface area contributed by atoms with Crippen LogP contribution in [0.4, 0.5) is 13.2 Å². The van der Waals surface area contributed by atoms with Crippen LogP contribution in [0.5, 0.6) is 5.75 Å². The highest BCUT2D eigenvalue weighted by atomic mass is 19.1. The molecule has 4 aromatic rings. The van der Waals surface area contributed by atoms with Gasteiger partial charge in [0.1, 0.15) is 29.6 Å². The summed E-state index contributed by atoms with van der Waals surface area (Å²) >= 11 is 0. The predicted molar refractivity (Wildman–Crippen MR) is 191 cm³/mol. The average molecular weight is 720 g/mol. The number of carbonyl (C=O) groups is 2. The Balaban J connectivity index is 1.64. The van der Waals surface area contributed by atoms with Crippen molar-refractivity contribution in [2.24, 2.45) is 0 Å². The molecule has 0 radical (unpaired) electrons. The molecule has 3 N–H and O–H groups in total. The number of pyridine rings is 1. The Hall–Kier alpha value is -4.94. The zero-order valence-electron chi connectivity index (χ0n) is 29.7. The molecule has 5 rings (SSSR count). The Labute approximate surface area is 300 Å². The number of alkyl halides is 1. The van der Waals surface area contributed by atoms with E-state index in [9.17, 15) is 29.0 Å². The van der Waals surface area contributed by atoms with Crippen LogP contribution in [0.3, 0.4) is 0 Å². The fraction of sp³-hybridized carbons (Fsp3) is 0.375. The SMILES string of the molecule is CCOC(=O)C[C@H](NC(=O)C(c1cc(CO)ccc1F)n1cc(CCN2CC(F)C2)cc(CC)c1=O)c1cc(-c2c(C)cccc2O)cc(C)c1F. The maximum absolute atomic E-state index is 16.1. The monoisotopic (exact) mass is 719 g/mol. The first-order chi connectivity index (χ1) is 24.8. The highest BCUT2D eigenvalue weighted by Crippen LogP contribution is 2.37. The number of aromatic hydroxyl groups is 1. The van der Waals surface area contributed by atoms with Crippen LogP contribution in [0.25, 0.3) is 11.1 Å². The number of ether oxygens (including phenoxy) is 1. The Kier molecular flexibility index (Phi) is 12.2. The number of amides is 1. The van der Waals surface area contributed by atoms with E-state index in [-0.39, 0.29) is 34.6 Å². The number of phenolic OH excluding ortho intramolecular Hbond substituents is 1. The number of hydrogen-bond acceptors (Lipinski definition) is 7. The third-order valence-electron chi connectivity index (χ3n) is 9.44. The lowest BCUT2D eigenvalue weighted by Crippen LogP contribution is -2.49. The molecule has 0 saturated carbocycles. The first kappa shape index (κ1) is 38.3. The predicted octanol–water partition coefficient (Wildman–Crippen LogP) is 5.77. The van der Waals surface area contributed by atoms with Crippen molar-refractivity contribution in [2.45, 2.75) is 71.8 Å². The minimum atomic E-state index is -1.65. The number of nitrogens with zero attached hydrogens (tertiary/aromatic N) is 2. The molecular formula is C40H44F3N3O6. The van der Waals surface area contributed by atoms with E-state index in [0.29, 0.717) is 60.3 Å². The van der Waals surface area contributed by atoms with Gasteiger partial charge in [0, 0.05) is 48.1 Å². The van der Waals surface area contributed by atoms with Crippen molar-refractivity contribution in [3.63, 3.8) is 0 Å². The summed E-state index contributed by atoms with van der Waals surface area (Å²) in [6, 6.07) is 10.4. The normalized spacial score (nSPS) is 14.5. The molecule has 1 unspecified atom stereocenters. The Morgan fingerprint density at radius 2 is 1.75 bits per heavy atom. The van der Waals surface area contributed by atoms with Crippen LogP contribution in [0.15, 0.2) is 65.6 Å². The summed E-state index contributed by atoms with van der Waals surface area (Å²) in [5, 5.41) is 23.4. The number of nitrogens with one attached hydrogen (secondary N) is 1. The summed E-state index contributed by atoms with van der Waals surface area (Å²) in [5.74, 6) is -3.26. The van der Waals surface area contributed by atoms with Crippen molar-refractivity contribution < 1.29 is 37.7 Å². The second kappa shape index (κ2) is 16.6. The number of aromatic nitrogens is 1. The molecule has 52 heavy (non-hydrogen) atoms. The lowest BCUT2D eigenvalue weighted by Gasteiger charge is -2.34. The number of rotatable bonds is 14. The second-order valence-corrected chi connectivity index (χ2v) is 13.2. The fourth-order valence-corrected chi connectivity index (χ4v) is 6.70. The van der Waals surface area contributed by atoms with Gasteiger partial charge in [-0.25, -0.2) is 13.2 Å². The zero-order chi connectivity index (χ0) is 37.7. The van der Waals surface area contributed by atoms with Gasteiger partial charge in [0.15, 0.2) is 0 Å². The summed E-state index contributed by atoms with van der Waals surface area (Å²) in [6.07, 6.45) is 0.781. The highest BCUT2D eigenvalue weighted by Gasteiger charge is 2.33. The number of esters is 1. The molecule has 1 aromatic heterocycles. The molecular weight excluding hydrogens is 675 g/mol. The summed E-state index contributed by atoms with van der Waals surface area (Å²) in [5.41, 5.74) is 2.17. The van der Waals surface area contributed by atoms with Crippen molar-refractivity contribution >= 4 is 11.9 Å². The van der Waals surface area contributed by atoms with Crippen molar-refractivity contribution in [3.05, 3.63) is 122 Å². The van der Waals surface area contributed by atoms with Gasteiger partial charge in [-0.15, -0.1) is 0 Å². The minimum absolute atomic E-state index is 0.0192. The molecule has 1 aliphatic rings. The first-order valence-electron chi connectivity index (χ1n) is 17.4. The maximum atomic E-state index is 16.1. The van der Waals surface area contributed by atoms with Crippen LogP contribution in [-0.4, -0.2) is 64.0 Å². The van der Waals surface area contributed by atoms with Crippen LogP contribution in [0, 0.1) is 25.5 Å². The van der Waals surface area contributed by atoms with Gasteiger partial charge in [0.25, 0.3) is 5.56 Å². The van der Waals surface area contributed by atoms with Crippen molar-refractivity contribution in [1.82, 2.24) is 14.8 Å². The number of phenols is 1. The van der Waals surface area contributed by atoms with Crippen LogP contribution in [0.1, 0.15) is 71.3 Å². The number of halogens is 3. The molecule has 1 aliphatic heterocycles. The van der Waals surface area contributed by atoms with Gasteiger partial charge in [-0.05, 0) is 97.8 Å². The zero-order valence-corrected chi connectivity index (χ0v) is 29.7. The first-order valence-corrected chi connectivity index (χ1v) is 17.4. The smallest absolute Gasteiger partial charge is 0.308 e. The van der Waals surface area contributed by atoms with E-state index >= 15 is 8.78 Å². The Bertz CT molecular complexity index is 1990. The molecule has 9 nitrogen and oxygen atoms in total. The third kappa shape index (κ3) is 8.40. The number of aliphatic hydroxyl groups excluding tert-OH is 1. The van der Waals surface area contributed by atoms with Crippen LogP contribution in [-0.2, 0) is 33.8 Å². The molecule has 2 atom stereocenters. The van der Waals surface area contributed by atoms with Gasteiger partial charge in [-0.2, -0.15) is 0 Å². The number of aryl methyl sites for hydroxylation is 3. The van der Waals surface area contributed by atoms with Gasteiger partial charge in [-0.3, -0.25) is 23.9 Å². The van der Waals surface area contributed by atoms with E-state index in [2.05, 4.69) is 5.32 Å². The average Bonchev–Trinajstić information content (AvgIpc) is 3.09. The topological polar surface area (TPSA) is 121 Å². The van der Waals surface area contributed by atoms with Gasteiger partial charge >= 0.3 is 5.97 Å².